The van der Waals surface area contributed by atoms with Crippen molar-refractivity contribution < 1.29 is 22.6 Å². The summed E-state index contributed by atoms with van der Waals surface area (Å²) in [5, 5.41) is 8.17. The van der Waals surface area contributed by atoms with Crippen LogP contribution in [0.15, 0.2) is 58.8 Å². The third-order valence-corrected chi connectivity index (χ3v) is 4.26. The minimum Gasteiger partial charge on any atom is -0.493 e. The number of hydrogen-bond acceptors (Lipinski definition) is 6. The molecule has 10 heteroatoms. The number of nitrogens with zero attached hydrogens (tertiary/aromatic N) is 4. The summed E-state index contributed by atoms with van der Waals surface area (Å²) in [5.41, 5.74) is 0.126. The van der Waals surface area contributed by atoms with Crippen LogP contribution in [0, 0.1) is 0 Å². The Bertz CT molecular complexity index is 1060. The van der Waals surface area contributed by atoms with Gasteiger partial charge in [-0.15, -0.1) is 5.11 Å². The number of methoxy groups -OCH3 is 2. The summed E-state index contributed by atoms with van der Waals surface area (Å²) in [6.45, 7) is 0.0935. The largest absolute Gasteiger partial charge is 0.493 e. The van der Waals surface area contributed by atoms with Gasteiger partial charge in [0.2, 0.25) is 0 Å². The van der Waals surface area contributed by atoms with Crippen molar-refractivity contribution in [2.45, 2.75) is 12.7 Å². The number of halogens is 4. The summed E-state index contributed by atoms with van der Waals surface area (Å²) < 4.78 is 50.2. The number of rotatable bonds is 6. The van der Waals surface area contributed by atoms with Crippen LogP contribution in [0.1, 0.15) is 11.3 Å². The lowest BCUT2D eigenvalue weighted by Crippen LogP contribution is -2.09. The second-order valence-electron chi connectivity index (χ2n) is 6.03. The lowest BCUT2D eigenvalue weighted by Gasteiger charge is -2.09. The molecule has 0 saturated carbocycles. The molecular formula is C20H16ClF3N4O2. The lowest BCUT2D eigenvalue weighted by molar-refractivity contribution is -0.141. The lowest BCUT2D eigenvalue weighted by atomic mass is 10.1. The number of azo groups is 1. The van der Waals surface area contributed by atoms with E-state index >= 15 is 0 Å². The third-order valence-electron chi connectivity index (χ3n) is 4.01. The van der Waals surface area contributed by atoms with Crippen LogP contribution in [0.25, 0.3) is 11.3 Å². The van der Waals surface area contributed by atoms with Crippen molar-refractivity contribution in [2.75, 3.05) is 14.2 Å². The van der Waals surface area contributed by atoms with Gasteiger partial charge < -0.3 is 9.47 Å². The molecule has 0 spiro atoms. The van der Waals surface area contributed by atoms with Gasteiger partial charge in [-0.1, -0.05) is 29.8 Å². The first-order valence-corrected chi connectivity index (χ1v) is 8.98. The Morgan fingerprint density at radius 1 is 0.933 bits per heavy atom. The molecule has 0 atom stereocenters. The SMILES string of the molecule is COc1ccc(CN=Nc2nc(-c3ccc(Cl)cc3)cc(C(F)(F)F)n2)cc1OC. The Labute approximate surface area is 175 Å². The first-order valence-electron chi connectivity index (χ1n) is 8.61. The smallest absolute Gasteiger partial charge is 0.433 e. The van der Waals surface area contributed by atoms with Crippen molar-refractivity contribution in [1.29, 1.82) is 0 Å². The van der Waals surface area contributed by atoms with E-state index in [1.807, 2.05) is 0 Å². The van der Waals surface area contributed by atoms with Gasteiger partial charge in [0, 0.05) is 10.6 Å². The average Bonchev–Trinajstić information content (AvgIpc) is 2.73. The molecule has 0 radical (unpaired) electrons. The minimum atomic E-state index is -4.66. The highest BCUT2D eigenvalue weighted by Crippen LogP contribution is 2.32. The summed E-state index contributed by atoms with van der Waals surface area (Å²) in [5.74, 6) is 0.660. The third kappa shape index (κ3) is 5.24. The fraction of sp³-hybridized carbons (Fsp3) is 0.200. The first kappa shape index (κ1) is 21.5. The molecule has 3 aromatic rings. The predicted octanol–water partition coefficient (Wildman–Crippen LogP) is 6.12. The molecule has 0 bridgehead atoms. The zero-order valence-corrected chi connectivity index (χ0v) is 16.7. The summed E-state index contributed by atoms with van der Waals surface area (Å²) in [6.07, 6.45) is -4.66. The molecule has 0 N–H and O–H groups in total. The zero-order chi connectivity index (χ0) is 21.7. The molecule has 0 fully saturated rings. The van der Waals surface area contributed by atoms with Gasteiger partial charge in [-0.05, 0) is 35.9 Å². The highest BCUT2D eigenvalue weighted by Gasteiger charge is 2.33. The van der Waals surface area contributed by atoms with E-state index in [0.29, 0.717) is 22.1 Å². The maximum Gasteiger partial charge on any atom is 0.433 e. The van der Waals surface area contributed by atoms with Gasteiger partial charge in [0.05, 0.1) is 26.5 Å². The van der Waals surface area contributed by atoms with E-state index < -0.39 is 17.8 Å². The fourth-order valence-electron chi connectivity index (χ4n) is 2.55. The summed E-state index contributed by atoms with van der Waals surface area (Å²) >= 11 is 5.84. The number of alkyl halides is 3. The molecule has 30 heavy (non-hydrogen) atoms. The van der Waals surface area contributed by atoms with Gasteiger partial charge in [0.15, 0.2) is 17.2 Å². The molecule has 6 nitrogen and oxygen atoms in total. The van der Waals surface area contributed by atoms with Crippen molar-refractivity contribution in [1.82, 2.24) is 9.97 Å². The second-order valence-corrected chi connectivity index (χ2v) is 6.47. The van der Waals surface area contributed by atoms with Crippen LogP contribution in [0.2, 0.25) is 5.02 Å². The van der Waals surface area contributed by atoms with Gasteiger partial charge in [-0.2, -0.15) is 18.3 Å². The fourth-order valence-corrected chi connectivity index (χ4v) is 2.68. The Balaban J connectivity index is 1.89. The van der Waals surface area contributed by atoms with Crippen molar-refractivity contribution in [3.05, 3.63) is 64.8 Å². The van der Waals surface area contributed by atoms with Crippen LogP contribution in [0.3, 0.4) is 0 Å². The van der Waals surface area contributed by atoms with E-state index in [0.717, 1.165) is 11.6 Å². The normalized spacial score (nSPS) is 11.7. The molecule has 0 aliphatic rings. The summed E-state index contributed by atoms with van der Waals surface area (Å²) in [4.78, 5) is 7.55. The molecule has 1 heterocycles. The molecule has 2 aromatic carbocycles. The minimum absolute atomic E-state index is 0.0639. The number of aromatic nitrogens is 2. The van der Waals surface area contributed by atoms with Crippen LogP contribution in [0.4, 0.5) is 19.1 Å². The van der Waals surface area contributed by atoms with Crippen molar-refractivity contribution in [2.24, 2.45) is 10.2 Å². The second kappa shape index (κ2) is 9.08. The maximum absolute atomic E-state index is 13.3. The zero-order valence-electron chi connectivity index (χ0n) is 15.9. The number of benzene rings is 2. The number of ether oxygens (including phenoxy) is 2. The average molecular weight is 437 g/mol. The molecular weight excluding hydrogens is 421 g/mol. The van der Waals surface area contributed by atoms with Gasteiger partial charge >= 0.3 is 6.18 Å². The molecule has 0 amide bonds. The van der Waals surface area contributed by atoms with E-state index in [2.05, 4.69) is 20.2 Å². The predicted molar refractivity (Wildman–Crippen MR) is 105 cm³/mol. The van der Waals surface area contributed by atoms with E-state index in [4.69, 9.17) is 21.1 Å². The molecule has 0 aliphatic carbocycles. The maximum atomic E-state index is 13.3. The molecule has 1 aromatic heterocycles. The van der Waals surface area contributed by atoms with Gasteiger partial charge in [0.1, 0.15) is 0 Å². The summed E-state index contributed by atoms with van der Waals surface area (Å²) in [6, 6.07) is 12.2. The van der Waals surface area contributed by atoms with Crippen LogP contribution in [-0.2, 0) is 12.7 Å². The Morgan fingerprint density at radius 2 is 1.63 bits per heavy atom. The van der Waals surface area contributed by atoms with Gasteiger partial charge in [-0.3, -0.25) is 0 Å². The molecule has 0 unspecified atom stereocenters. The van der Waals surface area contributed by atoms with Crippen molar-refractivity contribution >= 4 is 17.5 Å². The standard InChI is InChI=1S/C20H16ClF3N4O2/c1-29-16-8-3-12(9-17(16)30-2)11-25-28-19-26-15(10-18(27-19)20(22,23)24)13-4-6-14(21)7-5-13/h3-10H,11H2,1-2H3. The number of hydrogen-bond donors (Lipinski definition) is 0. The van der Waals surface area contributed by atoms with E-state index in [9.17, 15) is 13.2 Å². The molecule has 156 valence electrons. The van der Waals surface area contributed by atoms with Gasteiger partial charge in [-0.25, -0.2) is 9.97 Å². The van der Waals surface area contributed by atoms with Gasteiger partial charge in [0.25, 0.3) is 5.95 Å². The Kier molecular flexibility index (Phi) is 6.51. The Morgan fingerprint density at radius 3 is 2.27 bits per heavy atom. The molecule has 0 saturated heterocycles. The first-order chi connectivity index (χ1) is 14.3. The monoisotopic (exact) mass is 436 g/mol. The molecule has 3 rings (SSSR count). The highest BCUT2D eigenvalue weighted by molar-refractivity contribution is 6.30. The summed E-state index contributed by atoms with van der Waals surface area (Å²) in [7, 11) is 3.01. The quantitative estimate of drug-likeness (QED) is 0.437. The van der Waals surface area contributed by atoms with Crippen molar-refractivity contribution in [3.8, 4) is 22.8 Å². The van der Waals surface area contributed by atoms with Crippen molar-refractivity contribution in [3.63, 3.8) is 0 Å². The van der Waals surface area contributed by atoms with E-state index in [1.54, 1.807) is 42.5 Å². The van der Waals surface area contributed by atoms with E-state index in [1.165, 1.54) is 14.2 Å². The van der Waals surface area contributed by atoms with Crippen LogP contribution >= 0.6 is 11.6 Å². The van der Waals surface area contributed by atoms with E-state index in [-0.39, 0.29) is 12.2 Å². The highest BCUT2D eigenvalue weighted by atomic mass is 35.5. The molecule has 0 aliphatic heterocycles. The van der Waals surface area contributed by atoms with Crippen LogP contribution in [0.5, 0.6) is 11.5 Å². The topological polar surface area (TPSA) is 69.0 Å². The van der Waals surface area contributed by atoms with Crippen LogP contribution < -0.4 is 9.47 Å². The Hall–Kier alpha value is -3.20. The van der Waals surface area contributed by atoms with Crippen LogP contribution in [-0.4, -0.2) is 24.2 Å².